The standard InChI is InChI=1S/C25H24F3N5O3/c1-15-9-22-30-18(14-35-2)11-23(34)33(22)31-24(15)32-8-7-20-17(13-32)10-16(12-29-20)19-5-3-4-6-21(19)36-25(26,27)28/h3-6,9-12,24,31H,7-8,13-14H2,1-2H3. The van der Waals surface area contributed by atoms with Crippen LogP contribution < -0.4 is 15.7 Å². The number of fused-ring (bicyclic) bond motifs is 2. The van der Waals surface area contributed by atoms with Crippen molar-refractivity contribution < 1.29 is 22.6 Å². The number of hydrogen-bond donors (Lipinski definition) is 1. The van der Waals surface area contributed by atoms with Gasteiger partial charge in [-0.25, -0.2) is 9.66 Å². The molecule has 2 aliphatic rings. The zero-order chi connectivity index (χ0) is 25.4. The van der Waals surface area contributed by atoms with Crippen LogP contribution in [0.1, 0.15) is 29.7 Å². The van der Waals surface area contributed by atoms with E-state index < -0.39 is 6.36 Å². The quantitative estimate of drug-likeness (QED) is 0.574. The van der Waals surface area contributed by atoms with Gasteiger partial charge in [0.25, 0.3) is 5.56 Å². The summed E-state index contributed by atoms with van der Waals surface area (Å²) in [4.78, 5) is 23.9. The number of rotatable bonds is 5. The Kier molecular flexibility index (Phi) is 6.27. The van der Waals surface area contributed by atoms with Gasteiger partial charge in [-0.15, -0.1) is 13.2 Å². The number of pyridine rings is 1. The summed E-state index contributed by atoms with van der Waals surface area (Å²) in [6.45, 7) is 3.40. The van der Waals surface area contributed by atoms with Gasteiger partial charge in [-0.1, -0.05) is 18.2 Å². The molecule has 2 aliphatic heterocycles. The van der Waals surface area contributed by atoms with Gasteiger partial charge in [-0.05, 0) is 36.3 Å². The predicted octanol–water partition coefficient (Wildman–Crippen LogP) is 3.70. The van der Waals surface area contributed by atoms with Crippen molar-refractivity contribution in [3.63, 3.8) is 0 Å². The summed E-state index contributed by atoms with van der Waals surface area (Å²) in [6, 6.07) is 9.31. The van der Waals surface area contributed by atoms with Gasteiger partial charge in [0.2, 0.25) is 0 Å². The lowest BCUT2D eigenvalue weighted by molar-refractivity contribution is -0.274. The zero-order valence-electron chi connectivity index (χ0n) is 19.7. The molecule has 2 aromatic heterocycles. The molecule has 0 bridgehead atoms. The molecule has 1 aromatic carbocycles. The molecule has 5 rings (SSSR count). The van der Waals surface area contributed by atoms with E-state index in [0.717, 1.165) is 16.8 Å². The highest BCUT2D eigenvalue weighted by atomic mass is 19.4. The van der Waals surface area contributed by atoms with Crippen molar-refractivity contribution in [2.75, 3.05) is 19.1 Å². The van der Waals surface area contributed by atoms with Crippen LogP contribution in [-0.4, -0.2) is 45.7 Å². The molecule has 1 N–H and O–H groups in total. The summed E-state index contributed by atoms with van der Waals surface area (Å²) in [5.41, 5.74) is 7.21. The Hall–Kier alpha value is -3.70. The molecule has 36 heavy (non-hydrogen) atoms. The molecular formula is C25H24F3N5O3. The Morgan fingerprint density at radius 1 is 1.22 bits per heavy atom. The minimum atomic E-state index is -4.79. The first-order valence-electron chi connectivity index (χ1n) is 11.4. The fourth-order valence-electron chi connectivity index (χ4n) is 4.61. The summed E-state index contributed by atoms with van der Waals surface area (Å²) in [6.07, 6.45) is -0.942. The van der Waals surface area contributed by atoms with Gasteiger partial charge in [-0.2, -0.15) is 0 Å². The lowest BCUT2D eigenvalue weighted by atomic mass is 9.98. The predicted molar refractivity (Wildman–Crippen MR) is 126 cm³/mol. The Bertz CT molecular complexity index is 1390. The number of halogens is 3. The highest BCUT2D eigenvalue weighted by Crippen LogP contribution is 2.35. The van der Waals surface area contributed by atoms with Gasteiger partial charge >= 0.3 is 6.36 Å². The summed E-state index contributed by atoms with van der Waals surface area (Å²) < 4.78 is 49.5. The number of para-hydroxylation sites is 1. The topological polar surface area (TPSA) is 81.5 Å². The number of alkyl halides is 3. The van der Waals surface area contributed by atoms with Gasteiger partial charge in [0.15, 0.2) is 5.82 Å². The SMILES string of the molecule is COCc1cc(=O)n2c(n1)C=C(C)C(N1CCc3ncc(-c4ccccc4OC(F)(F)F)cc3C1)N2. The van der Waals surface area contributed by atoms with Crippen LogP contribution in [0.3, 0.4) is 0 Å². The van der Waals surface area contributed by atoms with E-state index in [2.05, 4.69) is 25.0 Å². The molecule has 8 nitrogen and oxygen atoms in total. The van der Waals surface area contributed by atoms with Gasteiger partial charge < -0.3 is 9.47 Å². The average Bonchev–Trinajstić information content (AvgIpc) is 2.82. The number of nitrogens with one attached hydrogen (secondary N) is 1. The molecule has 0 radical (unpaired) electrons. The third-order valence-corrected chi connectivity index (χ3v) is 6.19. The van der Waals surface area contributed by atoms with Crippen LogP contribution in [0.4, 0.5) is 13.2 Å². The van der Waals surface area contributed by atoms with E-state index in [1.54, 1.807) is 25.4 Å². The molecule has 11 heteroatoms. The highest BCUT2D eigenvalue weighted by Gasteiger charge is 2.33. The normalized spacial score (nSPS) is 17.6. The van der Waals surface area contributed by atoms with Crippen LogP contribution in [0.25, 0.3) is 17.2 Å². The summed E-state index contributed by atoms with van der Waals surface area (Å²) >= 11 is 0. The monoisotopic (exact) mass is 499 g/mol. The molecule has 0 saturated heterocycles. The summed E-state index contributed by atoms with van der Waals surface area (Å²) in [5.74, 6) is 0.231. The molecule has 4 heterocycles. The van der Waals surface area contributed by atoms with E-state index in [0.29, 0.717) is 42.2 Å². The number of hydrogen-bond acceptors (Lipinski definition) is 7. The number of methoxy groups -OCH3 is 1. The van der Waals surface area contributed by atoms with E-state index in [9.17, 15) is 18.0 Å². The Labute approximate surface area is 205 Å². The van der Waals surface area contributed by atoms with E-state index in [1.807, 2.05) is 19.1 Å². The van der Waals surface area contributed by atoms with Gasteiger partial charge in [0, 0.05) is 55.7 Å². The van der Waals surface area contributed by atoms with Crippen molar-refractivity contribution in [1.29, 1.82) is 0 Å². The highest BCUT2D eigenvalue weighted by molar-refractivity contribution is 5.70. The average molecular weight is 499 g/mol. The Morgan fingerprint density at radius 3 is 2.81 bits per heavy atom. The van der Waals surface area contributed by atoms with Crippen molar-refractivity contribution in [2.24, 2.45) is 0 Å². The van der Waals surface area contributed by atoms with Crippen LogP contribution in [0.15, 0.2) is 53.0 Å². The van der Waals surface area contributed by atoms with Crippen molar-refractivity contribution in [3.8, 4) is 16.9 Å². The molecule has 0 amide bonds. The molecule has 1 atom stereocenters. The Balaban J connectivity index is 1.42. The van der Waals surface area contributed by atoms with Crippen LogP contribution in [0.5, 0.6) is 5.75 Å². The molecule has 0 aliphatic carbocycles. The maximum Gasteiger partial charge on any atom is 0.573 e. The molecule has 0 saturated carbocycles. The molecular weight excluding hydrogens is 475 g/mol. The molecule has 1 unspecified atom stereocenters. The van der Waals surface area contributed by atoms with Gasteiger partial charge in [0.1, 0.15) is 11.9 Å². The van der Waals surface area contributed by atoms with E-state index in [1.165, 1.54) is 22.9 Å². The fourth-order valence-corrected chi connectivity index (χ4v) is 4.61. The third kappa shape index (κ3) is 4.84. The largest absolute Gasteiger partial charge is 0.573 e. The smallest absolute Gasteiger partial charge is 0.405 e. The summed E-state index contributed by atoms with van der Waals surface area (Å²) in [5, 5.41) is 0. The van der Waals surface area contributed by atoms with Crippen molar-refractivity contribution in [3.05, 3.63) is 81.3 Å². The maximum atomic E-state index is 12.9. The second-order valence-corrected chi connectivity index (χ2v) is 8.73. The van der Waals surface area contributed by atoms with E-state index in [4.69, 9.17) is 4.74 Å². The maximum absolute atomic E-state index is 12.9. The Morgan fingerprint density at radius 2 is 2.03 bits per heavy atom. The van der Waals surface area contributed by atoms with Gasteiger partial charge in [-0.3, -0.25) is 20.1 Å². The lowest BCUT2D eigenvalue weighted by Gasteiger charge is -2.38. The zero-order valence-corrected chi connectivity index (χ0v) is 19.7. The first-order valence-corrected chi connectivity index (χ1v) is 11.4. The molecule has 3 aromatic rings. The number of aromatic nitrogens is 3. The van der Waals surface area contributed by atoms with Crippen LogP contribution in [0.2, 0.25) is 0 Å². The lowest BCUT2D eigenvalue weighted by Crippen LogP contribution is -2.51. The molecule has 188 valence electrons. The molecule has 0 fully saturated rings. The number of benzene rings is 1. The van der Waals surface area contributed by atoms with Crippen molar-refractivity contribution in [1.82, 2.24) is 19.5 Å². The van der Waals surface area contributed by atoms with Crippen LogP contribution >= 0.6 is 0 Å². The minimum absolute atomic E-state index is 0.233. The van der Waals surface area contributed by atoms with Crippen LogP contribution in [0, 0.1) is 0 Å². The van der Waals surface area contributed by atoms with Crippen LogP contribution in [-0.2, 0) is 24.3 Å². The first kappa shape index (κ1) is 24.0. The first-order chi connectivity index (χ1) is 17.2. The fraction of sp³-hybridized carbons (Fsp3) is 0.320. The van der Waals surface area contributed by atoms with Gasteiger partial charge in [0.05, 0.1) is 12.3 Å². The van der Waals surface area contributed by atoms with Crippen molar-refractivity contribution >= 4 is 6.08 Å². The second-order valence-electron chi connectivity index (χ2n) is 8.73. The minimum Gasteiger partial charge on any atom is -0.405 e. The second kappa shape index (κ2) is 9.40. The number of nitrogens with zero attached hydrogens (tertiary/aromatic N) is 4. The van der Waals surface area contributed by atoms with Crippen molar-refractivity contribution in [2.45, 2.75) is 39.0 Å². The number of ether oxygens (including phenoxy) is 2. The van der Waals surface area contributed by atoms with E-state index in [-0.39, 0.29) is 24.1 Å². The molecule has 0 spiro atoms. The third-order valence-electron chi connectivity index (χ3n) is 6.19. The summed E-state index contributed by atoms with van der Waals surface area (Å²) in [7, 11) is 1.55. The van der Waals surface area contributed by atoms with E-state index >= 15 is 0 Å².